The molecule has 1 N–H and O–H groups in total. The quantitative estimate of drug-likeness (QED) is 0.865. The van der Waals surface area contributed by atoms with E-state index in [9.17, 15) is 4.79 Å². The highest BCUT2D eigenvalue weighted by molar-refractivity contribution is 8.00. The Balaban J connectivity index is 2.01. The summed E-state index contributed by atoms with van der Waals surface area (Å²) in [6, 6.07) is 7.89. The van der Waals surface area contributed by atoms with Crippen LogP contribution in [0.5, 0.6) is 0 Å². The van der Waals surface area contributed by atoms with Crippen molar-refractivity contribution in [2.24, 2.45) is 0 Å². The van der Waals surface area contributed by atoms with Crippen molar-refractivity contribution in [2.45, 2.75) is 24.6 Å². The molecule has 0 saturated carbocycles. The van der Waals surface area contributed by atoms with Crippen molar-refractivity contribution in [1.82, 2.24) is 9.55 Å². The molecule has 1 aliphatic heterocycles. The van der Waals surface area contributed by atoms with Gasteiger partial charge < -0.3 is 4.98 Å². The van der Waals surface area contributed by atoms with Crippen molar-refractivity contribution in [3.63, 3.8) is 0 Å². The van der Waals surface area contributed by atoms with Gasteiger partial charge in [-0.3, -0.25) is 4.57 Å². The molecule has 1 saturated heterocycles. The normalized spacial score (nSPS) is 20.6. The molecule has 1 atom stereocenters. The number of aromatic amines is 1. The van der Waals surface area contributed by atoms with E-state index >= 15 is 0 Å². The minimum absolute atomic E-state index is 0.0219. The first-order valence-corrected chi connectivity index (χ1v) is 6.68. The summed E-state index contributed by atoms with van der Waals surface area (Å²) in [6.45, 7) is 0.841. The second kappa shape index (κ2) is 4.01. The predicted octanol–water partition coefficient (Wildman–Crippen LogP) is 2.23. The van der Waals surface area contributed by atoms with Gasteiger partial charge in [-0.15, -0.1) is 0 Å². The summed E-state index contributed by atoms with van der Waals surface area (Å²) >= 11 is 1.98. The maximum Gasteiger partial charge on any atom is 0.326 e. The Morgan fingerprint density at radius 2 is 2.31 bits per heavy atom. The van der Waals surface area contributed by atoms with Crippen molar-refractivity contribution >= 4 is 22.8 Å². The van der Waals surface area contributed by atoms with Crippen LogP contribution in [0.3, 0.4) is 0 Å². The standard InChI is InChI=1S/C12H14N2OS/c15-12-13-10-5-1-2-6-11(10)14(12)8-9-4-3-7-16-9/h1-2,5-6,9H,3-4,7-8H2,(H,13,15). The molecule has 1 fully saturated rings. The lowest BCUT2D eigenvalue weighted by atomic mass is 10.2. The summed E-state index contributed by atoms with van der Waals surface area (Å²) in [7, 11) is 0. The summed E-state index contributed by atoms with van der Waals surface area (Å²) in [5.41, 5.74) is 1.99. The zero-order valence-corrected chi connectivity index (χ0v) is 9.80. The number of hydrogen-bond acceptors (Lipinski definition) is 2. The molecule has 1 aliphatic rings. The van der Waals surface area contributed by atoms with Crippen LogP contribution in [0.4, 0.5) is 0 Å². The molecule has 1 aromatic carbocycles. The second-order valence-electron chi connectivity index (χ2n) is 4.19. The zero-order chi connectivity index (χ0) is 11.0. The Morgan fingerprint density at radius 1 is 1.44 bits per heavy atom. The van der Waals surface area contributed by atoms with E-state index in [4.69, 9.17) is 0 Å². The van der Waals surface area contributed by atoms with E-state index in [-0.39, 0.29) is 5.69 Å². The van der Waals surface area contributed by atoms with Gasteiger partial charge >= 0.3 is 5.69 Å². The minimum Gasteiger partial charge on any atom is -0.306 e. The number of thioether (sulfide) groups is 1. The lowest BCUT2D eigenvalue weighted by Crippen LogP contribution is -2.21. The van der Waals surface area contributed by atoms with E-state index < -0.39 is 0 Å². The Labute approximate surface area is 97.9 Å². The Bertz CT molecular complexity index is 551. The monoisotopic (exact) mass is 234 g/mol. The molecule has 16 heavy (non-hydrogen) atoms. The van der Waals surface area contributed by atoms with Crippen molar-refractivity contribution in [2.75, 3.05) is 5.75 Å². The fourth-order valence-corrected chi connectivity index (χ4v) is 3.53. The number of imidazole rings is 1. The van der Waals surface area contributed by atoms with E-state index in [1.54, 1.807) is 0 Å². The summed E-state index contributed by atoms with van der Waals surface area (Å²) in [5.74, 6) is 1.24. The Kier molecular flexibility index (Phi) is 2.52. The molecule has 1 aromatic heterocycles. The van der Waals surface area contributed by atoms with Crippen LogP contribution in [0.25, 0.3) is 11.0 Å². The summed E-state index contributed by atoms with van der Waals surface area (Å²) in [6.07, 6.45) is 2.52. The maximum absolute atomic E-state index is 11.8. The first-order chi connectivity index (χ1) is 7.84. The van der Waals surface area contributed by atoms with Gasteiger partial charge in [0.15, 0.2) is 0 Å². The SMILES string of the molecule is O=c1[nH]c2ccccc2n1CC1CCCS1. The van der Waals surface area contributed by atoms with Gasteiger partial charge in [0.05, 0.1) is 11.0 Å². The van der Waals surface area contributed by atoms with Crippen molar-refractivity contribution in [3.05, 3.63) is 34.7 Å². The topological polar surface area (TPSA) is 37.8 Å². The fourth-order valence-electron chi connectivity index (χ4n) is 2.28. The highest BCUT2D eigenvalue weighted by atomic mass is 32.2. The number of para-hydroxylation sites is 2. The smallest absolute Gasteiger partial charge is 0.306 e. The molecule has 4 heteroatoms. The van der Waals surface area contributed by atoms with Gasteiger partial charge in [0, 0.05) is 11.8 Å². The van der Waals surface area contributed by atoms with Crippen LogP contribution in [0, 0.1) is 0 Å². The summed E-state index contributed by atoms with van der Waals surface area (Å²) in [5, 5.41) is 0.608. The van der Waals surface area contributed by atoms with Crippen LogP contribution in [0.1, 0.15) is 12.8 Å². The molecule has 0 bridgehead atoms. The fraction of sp³-hybridized carbons (Fsp3) is 0.417. The molecule has 84 valence electrons. The number of nitrogens with one attached hydrogen (secondary N) is 1. The van der Waals surface area contributed by atoms with Crippen LogP contribution in [0.15, 0.2) is 29.1 Å². The molecule has 0 aliphatic carbocycles. The molecule has 0 amide bonds. The number of fused-ring (bicyclic) bond motifs is 1. The lowest BCUT2D eigenvalue weighted by Gasteiger charge is -2.09. The highest BCUT2D eigenvalue weighted by Crippen LogP contribution is 2.27. The van der Waals surface area contributed by atoms with Gasteiger partial charge in [0.2, 0.25) is 0 Å². The molecule has 1 unspecified atom stereocenters. The van der Waals surface area contributed by atoms with Crippen LogP contribution in [0.2, 0.25) is 0 Å². The molecule has 2 aromatic rings. The molecule has 0 spiro atoms. The van der Waals surface area contributed by atoms with Crippen molar-refractivity contribution < 1.29 is 0 Å². The third kappa shape index (κ3) is 1.67. The molecule has 0 radical (unpaired) electrons. The first kappa shape index (κ1) is 10.0. The van der Waals surface area contributed by atoms with E-state index in [1.165, 1.54) is 18.6 Å². The maximum atomic E-state index is 11.8. The van der Waals surface area contributed by atoms with E-state index in [1.807, 2.05) is 40.6 Å². The lowest BCUT2D eigenvalue weighted by molar-refractivity contribution is 0.636. The molecule has 2 heterocycles. The number of nitrogens with zero attached hydrogens (tertiary/aromatic N) is 1. The zero-order valence-electron chi connectivity index (χ0n) is 8.98. The molecule has 3 rings (SSSR count). The predicted molar refractivity (Wildman–Crippen MR) is 68.0 cm³/mol. The van der Waals surface area contributed by atoms with Gasteiger partial charge in [-0.2, -0.15) is 11.8 Å². The Morgan fingerprint density at radius 3 is 3.12 bits per heavy atom. The van der Waals surface area contributed by atoms with Gasteiger partial charge in [-0.25, -0.2) is 4.79 Å². The number of rotatable bonds is 2. The Hall–Kier alpha value is -1.16. The van der Waals surface area contributed by atoms with Crippen molar-refractivity contribution in [1.29, 1.82) is 0 Å². The highest BCUT2D eigenvalue weighted by Gasteiger charge is 2.18. The van der Waals surface area contributed by atoms with E-state index in [0.717, 1.165) is 17.6 Å². The summed E-state index contributed by atoms with van der Waals surface area (Å²) in [4.78, 5) is 14.7. The number of hydrogen-bond donors (Lipinski definition) is 1. The average molecular weight is 234 g/mol. The van der Waals surface area contributed by atoms with Gasteiger partial charge in [-0.1, -0.05) is 12.1 Å². The molecule has 3 nitrogen and oxygen atoms in total. The second-order valence-corrected chi connectivity index (χ2v) is 5.60. The van der Waals surface area contributed by atoms with Gasteiger partial charge in [0.1, 0.15) is 0 Å². The largest absolute Gasteiger partial charge is 0.326 e. The first-order valence-electron chi connectivity index (χ1n) is 5.64. The van der Waals surface area contributed by atoms with Gasteiger partial charge in [-0.05, 0) is 30.7 Å². The van der Waals surface area contributed by atoms with Crippen LogP contribution in [-0.4, -0.2) is 20.6 Å². The average Bonchev–Trinajstić information content (AvgIpc) is 2.89. The third-order valence-electron chi connectivity index (χ3n) is 3.09. The van der Waals surface area contributed by atoms with Crippen LogP contribution in [-0.2, 0) is 6.54 Å². The summed E-state index contributed by atoms with van der Waals surface area (Å²) < 4.78 is 1.87. The van der Waals surface area contributed by atoms with Crippen LogP contribution >= 0.6 is 11.8 Å². The number of H-pyrrole nitrogens is 1. The minimum atomic E-state index is 0.0219. The molecular formula is C12H14N2OS. The van der Waals surface area contributed by atoms with Crippen LogP contribution < -0.4 is 5.69 Å². The van der Waals surface area contributed by atoms with Gasteiger partial charge in [0.25, 0.3) is 0 Å². The number of benzene rings is 1. The molecular weight excluding hydrogens is 220 g/mol. The van der Waals surface area contributed by atoms with Crippen molar-refractivity contribution in [3.8, 4) is 0 Å². The van der Waals surface area contributed by atoms with E-state index in [2.05, 4.69) is 4.98 Å². The number of aromatic nitrogens is 2. The third-order valence-corrected chi connectivity index (χ3v) is 4.47. The van der Waals surface area contributed by atoms with E-state index in [0.29, 0.717) is 5.25 Å².